The van der Waals surface area contributed by atoms with Crippen molar-refractivity contribution in [2.75, 3.05) is 0 Å². The third-order valence-corrected chi connectivity index (χ3v) is 6.26. The van der Waals surface area contributed by atoms with Gasteiger partial charge in [0, 0.05) is 20.6 Å². The van der Waals surface area contributed by atoms with Gasteiger partial charge in [-0.25, -0.2) is 0 Å². The number of carbonyl (C=O) groups excluding carboxylic acids is 1. The van der Waals surface area contributed by atoms with Gasteiger partial charge in [-0.2, -0.15) is 0 Å². The Morgan fingerprint density at radius 3 is 2.23 bits per heavy atom. The number of halogens is 2. The van der Waals surface area contributed by atoms with Crippen LogP contribution in [0.5, 0.6) is 5.75 Å². The zero-order valence-electron chi connectivity index (χ0n) is 17.9. The van der Waals surface area contributed by atoms with Crippen molar-refractivity contribution >= 4 is 40.1 Å². The van der Waals surface area contributed by atoms with Crippen LogP contribution in [0.25, 0.3) is 0 Å². The number of amides is 1. The third-order valence-electron chi connectivity index (χ3n) is 5.29. The smallest absolute Gasteiger partial charge is 0.263 e. The molecule has 31 heavy (non-hydrogen) atoms. The molecular formula is C26H27ClINO2. The van der Waals surface area contributed by atoms with Gasteiger partial charge in [-0.3, -0.25) is 4.79 Å². The van der Waals surface area contributed by atoms with E-state index in [4.69, 9.17) is 16.3 Å². The Balaban J connectivity index is 1.75. The number of nitrogens with one attached hydrogen (secondary N) is 1. The van der Waals surface area contributed by atoms with Gasteiger partial charge in [0.1, 0.15) is 5.75 Å². The number of hydrogen-bond acceptors (Lipinski definition) is 2. The fraction of sp³-hybridized carbons (Fsp3) is 0.269. The van der Waals surface area contributed by atoms with Gasteiger partial charge in [0.25, 0.3) is 5.91 Å². The molecule has 0 fully saturated rings. The van der Waals surface area contributed by atoms with Crippen LogP contribution in [-0.2, 0) is 11.2 Å². The lowest BCUT2D eigenvalue weighted by Gasteiger charge is -2.31. The van der Waals surface area contributed by atoms with E-state index in [0.717, 1.165) is 6.42 Å². The number of benzene rings is 3. The number of ether oxygens (including phenoxy) is 1. The van der Waals surface area contributed by atoms with Gasteiger partial charge in [-0.05, 0) is 97.3 Å². The van der Waals surface area contributed by atoms with E-state index in [1.54, 1.807) is 38.1 Å². The van der Waals surface area contributed by atoms with Gasteiger partial charge in [-0.15, -0.1) is 0 Å². The molecule has 1 amide bonds. The van der Waals surface area contributed by atoms with E-state index >= 15 is 0 Å². The van der Waals surface area contributed by atoms with Crippen molar-refractivity contribution in [2.24, 2.45) is 0 Å². The van der Waals surface area contributed by atoms with E-state index in [0.29, 0.717) is 10.8 Å². The molecule has 0 radical (unpaired) electrons. The summed E-state index contributed by atoms with van der Waals surface area (Å²) in [5, 5.41) is 3.82. The lowest BCUT2D eigenvalue weighted by Crippen LogP contribution is -2.51. The molecule has 3 aromatic rings. The second-order valence-electron chi connectivity index (χ2n) is 8.18. The highest BCUT2D eigenvalue weighted by molar-refractivity contribution is 14.1. The van der Waals surface area contributed by atoms with Crippen LogP contribution in [0.3, 0.4) is 0 Å². The third kappa shape index (κ3) is 6.71. The molecule has 5 heteroatoms. The number of carbonyl (C=O) groups is 1. The minimum atomic E-state index is -1.02. The Bertz CT molecular complexity index is 988. The summed E-state index contributed by atoms with van der Waals surface area (Å²) in [5.74, 6) is 0.589. The fourth-order valence-electron chi connectivity index (χ4n) is 3.48. The summed E-state index contributed by atoms with van der Waals surface area (Å²) in [6.07, 6.45) is 0.834. The van der Waals surface area contributed by atoms with E-state index in [9.17, 15) is 4.79 Å². The molecule has 0 heterocycles. The van der Waals surface area contributed by atoms with Crippen LogP contribution in [0.1, 0.15) is 37.8 Å². The quantitative estimate of drug-likeness (QED) is 0.321. The monoisotopic (exact) mass is 547 g/mol. The highest BCUT2D eigenvalue weighted by atomic mass is 127. The highest BCUT2D eigenvalue weighted by Crippen LogP contribution is 2.26. The molecule has 0 spiro atoms. The van der Waals surface area contributed by atoms with Crippen LogP contribution in [-0.4, -0.2) is 17.6 Å². The van der Waals surface area contributed by atoms with Crippen LogP contribution in [0.4, 0.5) is 0 Å². The van der Waals surface area contributed by atoms with Crippen LogP contribution in [0.2, 0.25) is 5.02 Å². The molecule has 0 aliphatic heterocycles. The van der Waals surface area contributed by atoms with Crippen LogP contribution in [0.15, 0.2) is 78.9 Å². The van der Waals surface area contributed by atoms with E-state index in [2.05, 4.69) is 71.2 Å². The molecule has 2 unspecified atom stereocenters. The van der Waals surface area contributed by atoms with Gasteiger partial charge in [0.05, 0.1) is 0 Å². The Morgan fingerprint density at radius 1 is 1.00 bits per heavy atom. The lowest BCUT2D eigenvalue weighted by atomic mass is 9.86. The second kappa shape index (κ2) is 10.5. The summed E-state index contributed by atoms with van der Waals surface area (Å²) in [4.78, 5) is 13.1. The van der Waals surface area contributed by atoms with Gasteiger partial charge >= 0.3 is 0 Å². The van der Waals surface area contributed by atoms with Gasteiger partial charge in [0.15, 0.2) is 5.60 Å². The van der Waals surface area contributed by atoms with Crippen molar-refractivity contribution in [1.82, 2.24) is 5.32 Å². The topological polar surface area (TPSA) is 38.3 Å². The fourth-order valence-corrected chi connectivity index (χ4v) is 3.97. The second-order valence-corrected chi connectivity index (χ2v) is 9.86. The maximum Gasteiger partial charge on any atom is 0.263 e. The van der Waals surface area contributed by atoms with Crippen molar-refractivity contribution in [1.29, 1.82) is 0 Å². The predicted molar refractivity (Wildman–Crippen MR) is 136 cm³/mol. The average Bonchev–Trinajstić information content (AvgIpc) is 2.75. The Hall–Kier alpha value is -2.05. The molecule has 162 valence electrons. The molecular weight excluding hydrogens is 521 g/mol. The van der Waals surface area contributed by atoms with Crippen LogP contribution >= 0.6 is 34.2 Å². The standard InChI is InChI=1S/C26H27ClINO2/c1-18(29-25(30)26(2,3)31-23-15-11-21(27)12-16-23)24(20-7-5-4-6-8-20)17-19-9-13-22(28)14-10-19/h4-16,18,24H,17H2,1-3H3,(H,29,30). The van der Waals surface area contributed by atoms with Crippen molar-refractivity contribution in [2.45, 2.75) is 44.8 Å². The van der Waals surface area contributed by atoms with Crippen molar-refractivity contribution in [3.63, 3.8) is 0 Å². The molecule has 3 aromatic carbocycles. The summed E-state index contributed by atoms with van der Waals surface area (Å²) < 4.78 is 7.17. The van der Waals surface area contributed by atoms with E-state index < -0.39 is 5.60 Å². The summed E-state index contributed by atoms with van der Waals surface area (Å²) in [5.41, 5.74) is 1.42. The first-order valence-corrected chi connectivity index (χ1v) is 11.8. The van der Waals surface area contributed by atoms with Gasteiger partial charge < -0.3 is 10.1 Å². The van der Waals surface area contributed by atoms with E-state index in [-0.39, 0.29) is 17.9 Å². The largest absolute Gasteiger partial charge is 0.478 e. The maximum absolute atomic E-state index is 13.1. The minimum absolute atomic E-state index is 0.0812. The van der Waals surface area contributed by atoms with Crippen molar-refractivity contribution in [3.8, 4) is 5.75 Å². The summed E-state index contributed by atoms with van der Waals surface area (Å²) in [6.45, 7) is 5.61. The Labute approximate surface area is 203 Å². The summed E-state index contributed by atoms with van der Waals surface area (Å²) in [6, 6.07) is 25.8. The van der Waals surface area contributed by atoms with Crippen LogP contribution in [0, 0.1) is 3.57 Å². The van der Waals surface area contributed by atoms with Crippen LogP contribution < -0.4 is 10.1 Å². The molecule has 0 aliphatic rings. The first kappa shape index (κ1) is 23.6. The molecule has 0 saturated heterocycles. The number of hydrogen-bond donors (Lipinski definition) is 1. The molecule has 1 N–H and O–H groups in total. The number of rotatable bonds is 8. The molecule has 0 aromatic heterocycles. The van der Waals surface area contributed by atoms with E-state index in [1.165, 1.54) is 14.7 Å². The van der Waals surface area contributed by atoms with Gasteiger partial charge in [0.2, 0.25) is 0 Å². The van der Waals surface area contributed by atoms with Crippen molar-refractivity contribution in [3.05, 3.63) is 98.6 Å². The maximum atomic E-state index is 13.1. The molecule has 2 atom stereocenters. The summed E-state index contributed by atoms with van der Waals surface area (Å²) in [7, 11) is 0. The highest BCUT2D eigenvalue weighted by Gasteiger charge is 2.32. The summed E-state index contributed by atoms with van der Waals surface area (Å²) >= 11 is 8.26. The first-order chi connectivity index (χ1) is 14.7. The Morgan fingerprint density at radius 2 is 1.61 bits per heavy atom. The predicted octanol–water partition coefficient (Wildman–Crippen LogP) is 6.63. The lowest BCUT2D eigenvalue weighted by molar-refractivity contribution is -0.135. The zero-order valence-corrected chi connectivity index (χ0v) is 20.9. The first-order valence-electron chi connectivity index (χ1n) is 10.3. The molecule has 3 rings (SSSR count). The Kier molecular flexibility index (Phi) is 8.00. The van der Waals surface area contributed by atoms with Crippen molar-refractivity contribution < 1.29 is 9.53 Å². The average molecular weight is 548 g/mol. The molecule has 0 aliphatic carbocycles. The van der Waals surface area contributed by atoms with E-state index in [1.807, 2.05) is 18.2 Å². The SMILES string of the molecule is CC(NC(=O)C(C)(C)Oc1ccc(Cl)cc1)C(Cc1ccc(I)cc1)c1ccccc1. The van der Waals surface area contributed by atoms with Gasteiger partial charge in [-0.1, -0.05) is 54.1 Å². The normalized spacial score (nSPS) is 13.3. The molecule has 0 bridgehead atoms. The molecule has 3 nitrogen and oxygen atoms in total. The molecule has 0 saturated carbocycles. The zero-order chi connectivity index (χ0) is 22.4. The minimum Gasteiger partial charge on any atom is -0.478 e.